The minimum absolute atomic E-state index is 0.00208. The average molecular weight is 462 g/mol. The zero-order chi connectivity index (χ0) is 23.8. The van der Waals surface area contributed by atoms with E-state index in [0.717, 1.165) is 40.8 Å². The molecule has 2 aromatic carbocycles. The van der Waals surface area contributed by atoms with Gasteiger partial charge in [-0.15, -0.1) is 0 Å². The van der Waals surface area contributed by atoms with Crippen molar-refractivity contribution in [3.05, 3.63) is 77.2 Å². The van der Waals surface area contributed by atoms with Gasteiger partial charge < -0.3 is 14.6 Å². The lowest BCUT2D eigenvalue weighted by Crippen LogP contribution is -2.20. The molecule has 2 aliphatic rings. The number of carboxylic acids is 1. The van der Waals surface area contributed by atoms with Gasteiger partial charge in [-0.05, 0) is 70.7 Å². The highest BCUT2D eigenvalue weighted by molar-refractivity contribution is 5.71. The van der Waals surface area contributed by atoms with Crippen molar-refractivity contribution in [1.82, 2.24) is 4.98 Å². The molecule has 0 bridgehead atoms. The van der Waals surface area contributed by atoms with Crippen molar-refractivity contribution in [3.8, 4) is 22.8 Å². The molecule has 1 fully saturated rings. The van der Waals surface area contributed by atoms with Crippen LogP contribution in [0.25, 0.3) is 11.1 Å². The second-order valence-electron chi connectivity index (χ2n) is 9.40. The number of nitrogens with zero attached hydrogens (tertiary/aromatic N) is 1. The second kappa shape index (κ2) is 9.09. The highest BCUT2D eigenvalue weighted by atomic mass is 19.1. The third-order valence-electron chi connectivity index (χ3n) is 7.05. The summed E-state index contributed by atoms with van der Waals surface area (Å²) in [4.78, 5) is 15.7. The van der Waals surface area contributed by atoms with Gasteiger partial charge in [0, 0.05) is 25.1 Å². The molecule has 3 aromatic rings. The van der Waals surface area contributed by atoms with Crippen molar-refractivity contribution in [2.75, 3.05) is 7.11 Å². The zero-order valence-electron chi connectivity index (χ0n) is 19.3. The van der Waals surface area contributed by atoms with E-state index in [1.54, 1.807) is 26.3 Å². The van der Waals surface area contributed by atoms with Crippen LogP contribution in [0, 0.1) is 17.7 Å². The van der Waals surface area contributed by atoms with Crippen LogP contribution in [0.5, 0.6) is 11.6 Å². The van der Waals surface area contributed by atoms with Gasteiger partial charge in [0.25, 0.3) is 0 Å². The second-order valence-corrected chi connectivity index (χ2v) is 9.40. The summed E-state index contributed by atoms with van der Waals surface area (Å²) in [6.45, 7) is 1.79. The number of fused-ring (bicyclic) bond motifs is 1. The smallest absolute Gasteiger partial charge is 0.306 e. The molecule has 0 saturated heterocycles. The first-order valence-corrected chi connectivity index (χ1v) is 11.7. The van der Waals surface area contributed by atoms with Gasteiger partial charge in [-0.2, -0.15) is 0 Å². The van der Waals surface area contributed by atoms with Crippen molar-refractivity contribution in [2.24, 2.45) is 11.8 Å². The number of hydrogen-bond acceptors (Lipinski definition) is 4. The lowest BCUT2D eigenvalue weighted by atomic mass is 9.83. The Bertz CT molecular complexity index is 1220. The van der Waals surface area contributed by atoms with E-state index in [1.807, 2.05) is 36.4 Å². The molecule has 0 radical (unpaired) electrons. The first-order chi connectivity index (χ1) is 16.4. The molecule has 1 N–H and O–H groups in total. The predicted octanol–water partition coefficient (Wildman–Crippen LogP) is 5.66. The molecule has 34 heavy (non-hydrogen) atoms. The van der Waals surface area contributed by atoms with Crippen LogP contribution in [-0.2, 0) is 17.6 Å². The Morgan fingerprint density at radius 3 is 2.68 bits per heavy atom. The van der Waals surface area contributed by atoms with E-state index in [0.29, 0.717) is 30.2 Å². The molecule has 2 heterocycles. The van der Waals surface area contributed by atoms with E-state index in [1.165, 1.54) is 6.07 Å². The van der Waals surface area contributed by atoms with E-state index >= 15 is 0 Å². The molecule has 1 unspecified atom stereocenters. The standard InChI is InChI=1S/C28H28FNO4/c1-16(28(31)32)27(17-3-4-17)22-8-7-21-12-23(34-25(21)14-22)11-20-6-5-18(13-24(20)29)19-9-10-30-26(15-19)33-2/h5-10,13-17,23,27H,3-4,11-12H2,1-2H3,(H,31,32)/t16-,23?,27-/m0/s1. The highest BCUT2D eigenvalue weighted by Crippen LogP contribution is 2.48. The van der Waals surface area contributed by atoms with Gasteiger partial charge >= 0.3 is 5.97 Å². The fraction of sp³-hybridized carbons (Fsp3) is 0.357. The Morgan fingerprint density at radius 1 is 1.18 bits per heavy atom. The summed E-state index contributed by atoms with van der Waals surface area (Å²) >= 11 is 0. The Morgan fingerprint density at radius 2 is 1.97 bits per heavy atom. The van der Waals surface area contributed by atoms with Gasteiger partial charge in [0.15, 0.2) is 0 Å². The van der Waals surface area contributed by atoms with Crippen LogP contribution in [0.15, 0.2) is 54.7 Å². The van der Waals surface area contributed by atoms with Crippen LogP contribution in [0.3, 0.4) is 0 Å². The maximum absolute atomic E-state index is 15.0. The Labute approximate surface area is 198 Å². The summed E-state index contributed by atoms with van der Waals surface area (Å²) in [7, 11) is 1.55. The molecule has 6 heteroatoms. The minimum atomic E-state index is -0.764. The molecule has 1 saturated carbocycles. The van der Waals surface area contributed by atoms with Crippen LogP contribution in [-0.4, -0.2) is 29.3 Å². The zero-order valence-corrected chi connectivity index (χ0v) is 19.3. The Kier molecular flexibility index (Phi) is 5.98. The van der Waals surface area contributed by atoms with E-state index in [4.69, 9.17) is 9.47 Å². The van der Waals surface area contributed by atoms with Crippen LogP contribution in [0.2, 0.25) is 0 Å². The fourth-order valence-corrected chi connectivity index (χ4v) is 5.05. The molecule has 1 aliphatic heterocycles. The quantitative estimate of drug-likeness (QED) is 0.469. The van der Waals surface area contributed by atoms with E-state index in [-0.39, 0.29) is 17.8 Å². The van der Waals surface area contributed by atoms with Gasteiger partial charge in [0.2, 0.25) is 5.88 Å². The molecule has 5 nitrogen and oxygen atoms in total. The number of halogens is 1. The SMILES string of the molecule is COc1cc(-c2ccc(CC3Cc4ccc([C@H](C5CC5)[C@H](C)C(=O)O)cc4O3)c(F)c2)ccn1. The van der Waals surface area contributed by atoms with Gasteiger partial charge in [-0.3, -0.25) is 4.79 Å². The van der Waals surface area contributed by atoms with E-state index in [2.05, 4.69) is 4.98 Å². The molecule has 3 atom stereocenters. The first kappa shape index (κ1) is 22.4. The van der Waals surface area contributed by atoms with E-state index < -0.39 is 11.9 Å². The Balaban J connectivity index is 1.30. The summed E-state index contributed by atoms with van der Waals surface area (Å²) in [6, 6.07) is 15.0. The third kappa shape index (κ3) is 4.49. The van der Waals surface area contributed by atoms with Crippen LogP contribution < -0.4 is 9.47 Å². The number of ether oxygens (including phenoxy) is 2. The van der Waals surface area contributed by atoms with Gasteiger partial charge in [-0.25, -0.2) is 9.37 Å². The highest BCUT2D eigenvalue weighted by Gasteiger charge is 2.39. The maximum Gasteiger partial charge on any atom is 0.306 e. The van der Waals surface area contributed by atoms with Crippen LogP contribution in [0.1, 0.15) is 42.4 Å². The molecular formula is C28H28FNO4. The lowest BCUT2D eigenvalue weighted by Gasteiger charge is -2.21. The number of aliphatic carboxylic acids is 1. The minimum Gasteiger partial charge on any atom is -0.489 e. The van der Waals surface area contributed by atoms with Crippen LogP contribution >= 0.6 is 0 Å². The summed E-state index contributed by atoms with van der Waals surface area (Å²) < 4.78 is 26.3. The number of hydrogen-bond donors (Lipinski definition) is 1. The number of pyridine rings is 1. The molecule has 176 valence electrons. The molecule has 1 aromatic heterocycles. The predicted molar refractivity (Wildman–Crippen MR) is 127 cm³/mol. The molecular weight excluding hydrogens is 433 g/mol. The van der Waals surface area contributed by atoms with E-state index in [9.17, 15) is 14.3 Å². The topological polar surface area (TPSA) is 68.7 Å². The molecule has 5 rings (SSSR count). The number of carboxylic acid groups (broad SMARTS) is 1. The lowest BCUT2D eigenvalue weighted by molar-refractivity contribution is -0.142. The van der Waals surface area contributed by atoms with Gasteiger partial charge in [-0.1, -0.05) is 31.2 Å². The van der Waals surface area contributed by atoms with Crippen molar-refractivity contribution in [2.45, 2.75) is 44.6 Å². The monoisotopic (exact) mass is 461 g/mol. The normalized spacial score (nSPS) is 18.6. The van der Waals surface area contributed by atoms with Gasteiger partial charge in [0.1, 0.15) is 17.7 Å². The third-order valence-corrected chi connectivity index (χ3v) is 7.05. The molecule has 1 aliphatic carbocycles. The van der Waals surface area contributed by atoms with Crippen molar-refractivity contribution < 1.29 is 23.8 Å². The number of aromatic nitrogens is 1. The summed E-state index contributed by atoms with van der Waals surface area (Å²) in [5.74, 6) is 0.247. The summed E-state index contributed by atoms with van der Waals surface area (Å²) in [5.41, 5.74) is 4.33. The fourth-order valence-electron chi connectivity index (χ4n) is 5.05. The number of methoxy groups -OCH3 is 1. The molecule has 0 amide bonds. The van der Waals surface area contributed by atoms with Crippen molar-refractivity contribution in [1.29, 1.82) is 0 Å². The average Bonchev–Trinajstić information content (AvgIpc) is 3.59. The summed E-state index contributed by atoms with van der Waals surface area (Å²) in [5, 5.41) is 9.56. The van der Waals surface area contributed by atoms with Gasteiger partial charge in [0.05, 0.1) is 13.0 Å². The number of rotatable bonds is 8. The summed E-state index contributed by atoms with van der Waals surface area (Å²) in [6.07, 6.45) is 4.81. The number of carbonyl (C=O) groups is 1. The van der Waals surface area contributed by atoms with Crippen LogP contribution in [0.4, 0.5) is 4.39 Å². The largest absolute Gasteiger partial charge is 0.489 e. The maximum atomic E-state index is 15.0. The van der Waals surface area contributed by atoms with Crippen molar-refractivity contribution in [3.63, 3.8) is 0 Å². The first-order valence-electron chi connectivity index (χ1n) is 11.7. The molecule has 0 spiro atoms. The van der Waals surface area contributed by atoms with Crippen molar-refractivity contribution >= 4 is 5.97 Å². The number of benzene rings is 2. The Hall–Kier alpha value is -3.41.